The first-order valence-electron chi connectivity index (χ1n) is 12.1. The zero-order chi connectivity index (χ0) is 25.1. The summed E-state index contributed by atoms with van der Waals surface area (Å²) in [5.74, 6) is 0.595. The van der Waals surface area contributed by atoms with Gasteiger partial charge in [0.2, 0.25) is 5.91 Å². The van der Waals surface area contributed by atoms with E-state index >= 15 is 0 Å². The van der Waals surface area contributed by atoms with Gasteiger partial charge in [-0.3, -0.25) is 4.79 Å². The van der Waals surface area contributed by atoms with Crippen LogP contribution in [-0.4, -0.2) is 73.4 Å². The quantitative estimate of drug-likeness (QED) is 0.496. The molecule has 2 aromatic rings. The van der Waals surface area contributed by atoms with E-state index in [1.165, 1.54) is 16.8 Å². The molecule has 3 heterocycles. The number of fused-ring (bicyclic) bond motifs is 1. The number of piperazine rings is 1. The predicted molar refractivity (Wildman–Crippen MR) is 141 cm³/mol. The third-order valence-corrected chi connectivity index (χ3v) is 6.83. The van der Waals surface area contributed by atoms with Gasteiger partial charge in [0.25, 0.3) is 0 Å². The van der Waals surface area contributed by atoms with Gasteiger partial charge in [0.1, 0.15) is 11.5 Å². The van der Waals surface area contributed by atoms with E-state index in [2.05, 4.69) is 75.6 Å². The first-order valence-corrected chi connectivity index (χ1v) is 12.1. The summed E-state index contributed by atoms with van der Waals surface area (Å²) in [6.07, 6.45) is 2.28. The Morgan fingerprint density at radius 3 is 2.83 bits per heavy atom. The van der Waals surface area contributed by atoms with Gasteiger partial charge in [0, 0.05) is 49.2 Å². The van der Waals surface area contributed by atoms with E-state index in [1.54, 1.807) is 12.0 Å². The second-order valence-electron chi connectivity index (χ2n) is 8.95. The van der Waals surface area contributed by atoms with Crippen molar-refractivity contribution in [3.63, 3.8) is 0 Å². The fourth-order valence-corrected chi connectivity index (χ4v) is 5.09. The standard InChI is InChI=1S/C28H28N6O2/c1-3-26(35)34-16-15-33(19-23(34)11-13-29)27-21-12-14-32(18-22(17-21)30-28(31-27)36-2)25-10-6-8-20-7-4-5-9-24(20)25/h3-10,23H,1,11-12,14-16,18-19H2,2H3. The molecule has 2 bridgehead atoms. The number of ether oxygens (including phenoxy) is 1. The summed E-state index contributed by atoms with van der Waals surface area (Å²) < 4.78 is 5.52. The van der Waals surface area contributed by atoms with Crippen molar-refractivity contribution in [3.05, 3.63) is 72.1 Å². The molecule has 8 heteroatoms. The summed E-state index contributed by atoms with van der Waals surface area (Å²) in [6.45, 7) is 6.56. The molecule has 0 spiro atoms. The molecule has 0 radical (unpaired) electrons. The Labute approximate surface area is 210 Å². The van der Waals surface area contributed by atoms with E-state index < -0.39 is 0 Å². The highest BCUT2D eigenvalue weighted by Gasteiger charge is 2.33. The molecule has 0 aromatic heterocycles. The summed E-state index contributed by atoms with van der Waals surface area (Å²) >= 11 is 0. The molecule has 1 saturated heterocycles. The van der Waals surface area contributed by atoms with Crippen LogP contribution in [0.4, 0.5) is 5.69 Å². The van der Waals surface area contributed by atoms with Crippen LogP contribution in [-0.2, 0) is 9.53 Å². The van der Waals surface area contributed by atoms with Crippen molar-refractivity contribution in [1.29, 1.82) is 5.26 Å². The number of hydrogen-bond acceptors (Lipinski definition) is 7. The molecule has 5 rings (SSSR count). The van der Waals surface area contributed by atoms with Gasteiger partial charge in [-0.15, -0.1) is 0 Å². The second-order valence-corrected chi connectivity index (χ2v) is 8.95. The number of methoxy groups -OCH3 is 1. The van der Waals surface area contributed by atoms with E-state index in [9.17, 15) is 10.1 Å². The highest BCUT2D eigenvalue weighted by atomic mass is 16.5. The van der Waals surface area contributed by atoms with Crippen LogP contribution in [0.5, 0.6) is 0 Å². The average molecular weight is 481 g/mol. The lowest BCUT2D eigenvalue weighted by atomic mass is 10.1. The third kappa shape index (κ3) is 4.49. The van der Waals surface area contributed by atoms with Crippen molar-refractivity contribution in [2.75, 3.05) is 44.7 Å². The Balaban J connectivity index is 1.44. The molecule has 2 aromatic carbocycles. The first-order chi connectivity index (χ1) is 17.6. The highest BCUT2D eigenvalue weighted by molar-refractivity contribution is 6.05. The lowest BCUT2D eigenvalue weighted by Crippen LogP contribution is -2.56. The summed E-state index contributed by atoms with van der Waals surface area (Å²) in [7, 11) is 1.57. The van der Waals surface area contributed by atoms with Crippen molar-refractivity contribution in [1.82, 2.24) is 9.80 Å². The molecule has 1 atom stereocenters. The monoisotopic (exact) mass is 480 g/mol. The van der Waals surface area contributed by atoms with Crippen molar-refractivity contribution < 1.29 is 9.53 Å². The Hall–Kier alpha value is -4.34. The summed E-state index contributed by atoms with van der Waals surface area (Å²) in [4.78, 5) is 28.0. The van der Waals surface area contributed by atoms with Crippen molar-refractivity contribution >= 4 is 34.2 Å². The minimum atomic E-state index is -0.245. The SMILES string of the molecule is C=CC(=O)N1CCN(C2=NC(OC)=NC3=C=C2CCN(c2cccc4ccccc24)C3)CC1CC#N. The number of rotatable bonds is 3. The average Bonchev–Trinajstić information content (AvgIpc) is 3.23. The molecule has 3 aliphatic heterocycles. The molecular formula is C28H28N6O2. The van der Waals surface area contributed by atoms with Gasteiger partial charge < -0.3 is 19.4 Å². The predicted octanol–water partition coefficient (Wildman–Crippen LogP) is 3.49. The molecule has 0 aliphatic carbocycles. The molecule has 0 saturated carbocycles. The van der Waals surface area contributed by atoms with E-state index in [1.807, 2.05) is 0 Å². The van der Waals surface area contributed by atoms with E-state index in [0.29, 0.717) is 26.2 Å². The second kappa shape index (κ2) is 10.1. The zero-order valence-corrected chi connectivity index (χ0v) is 20.4. The number of nitrogens with zero attached hydrogens (tertiary/aromatic N) is 6. The van der Waals surface area contributed by atoms with Gasteiger partial charge >= 0.3 is 6.02 Å². The van der Waals surface area contributed by atoms with Crippen LogP contribution >= 0.6 is 0 Å². The Morgan fingerprint density at radius 1 is 1.19 bits per heavy atom. The maximum atomic E-state index is 12.4. The molecule has 182 valence electrons. The number of amidine groups is 2. The van der Waals surface area contributed by atoms with Crippen LogP contribution in [0.25, 0.3) is 10.8 Å². The first kappa shape index (κ1) is 23.4. The maximum absolute atomic E-state index is 12.4. The maximum Gasteiger partial charge on any atom is 0.319 e. The number of carbonyl (C=O) groups excluding carboxylic acids is 1. The molecule has 3 aliphatic rings. The molecule has 8 nitrogen and oxygen atoms in total. The normalized spacial score (nSPS) is 19.8. The number of nitriles is 1. The van der Waals surface area contributed by atoms with Crippen LogP contribution < -0.4 is 4.90 Å². The number of benzene rings is 2. The van der Waals surface area contributed by atoms with Gasteiger partial charge in [-0.25, -0.2) is 0 Å². The number of anilines is 1. The summed E-state index contributed by atoms with van der Waals surface area (Å²) in [5, 5.41) is 11.8. The fourth-order valence-electron chi connectivity index (χ4n) is 5.09. The van der Waals surface area contributed by atoms with Gasteiger partial charge in [0.05, 0.1) is 32.2 Å². The smallest absolute Gasteiger partial charge is 0.319 e. The van der Waals surface area contributed by atoms with Crippen molar-refractivity contribution in [3.8, 4) is 6.07 Å². The molecule has 1 amide bonds. The van der Waals surface area contributed by atoms with Crippen molar-refractivity contribution in [2.45, 2.75) is 18.9 Å². The van der Waals surface area contributed by atoms with Crippen LogP contribution in [0.1, 0.15) is 12.8 Å². The van der Waals surface area contributed by atoms with E-state index in [4.69, 9.17) is 9.73 Å². The minimum absolute atomic E-state index is 0.154. The molecule has 36 heavy (non-hydrogen) atoms. The number of amides is 1. The Kier molecular flexibility index (Phi) is 6.57. The summed E-state index contributed by atoms with van der Waals surface area (Å²) in [5.41, 5.74) is 6.40. The molecule has 1 fully saturated rings. The molecule has 0 N–H and O–H groups in total. The van der Waals surface area contributed by atoms with Gasteiger partial charge in [-0.2, -0.15) is 15.2 Å². The van der Waals surface area contributed by atoms with Crippen LogP contribution in [0.3, 0.4) is 0 Å². The Bertz CT molecular complexity index is 1370. The van der Waals surface area contributed by atoms with E-state index in [-0.39, 0.29) is 24.4 Å². The molecule has 1 unspecified atom stereocenters. The van der Waals surface area contributed by atoms with E-state index in [0.717, 1.165) is 35.8 Å². The number of hydrogen-bond donors (Lipinski definition) is 0. The number of aliphatic imine (C=N–C) groups is 2. The topological polar surface area (TPSA) is 84.5 Å². The lowest BCUT2D eigenvalue weighted by Gasteiger charge is -2.41. The Morgan fingerprint density at radius 2 is 2.03 bits per heavy atom. The van der Waals surface area contributed by atoms with Gasteiger partial charge in [-0.1, -0.05) is 48.7 Å². The van der Waals surface area contributed by atoms with Crippen LogP contribution in [0, 0.1) is 11.3 Å². The number of carbonyl (C=O) groups is 1. The minimum Gasteiger partial charge on any atom is -0.467 e. The van der Waals surface area contributed by atoms with Crippen LogP contribution in [0.15, 0.2) is 82.1 Å². The van der Waals surface area contributed by atoms with Gasteiger partial charge in [-0.05, 0) is 17.5 Å². The lowest BCUT2D eigenvalue weighted by molar-refractivity contribution is -0.129. The third-order valence-electron chi connectivity index (χ3n) is 6.83. The molecular weight excluding hydrogens is 452 g/mol. The van der Waals surface area contributed by atoms with Gasteiger partial charge in [0.15, 0.2) is 0 Å². The van der Waals surface area contributed by atoms with Crippen LogP contribution in [0.2, 0.25) is 0 Å². The fraction of sp³-hybridized carbons (Fsp3) is 0.321. The summed E-state index contributed by atoms with van der Waals surface area (Å²) in [6, 6.07) is 17.0. The highest BCUT2D eigenvalue weighted by Crippen LogP contribution is 2.30. The zero-order valence-electron chi connectivity index (χ0n) is 20.4. The largest absolute Gasteiger partial charge is 0.467 e. The van der Waals surface area contributed by atoms with Crippen molar-refractivity contribution in [2.24, 2.45) is 9.98 Å².